The first kappa shape index (κ1) is 21.0. The summed E-state index contributed by atoms with van der Waals surface area (Å²) >= 11 is 0. The number of ether oxygens (including phenoxy) is 1. The van der Waals surface area contributed by atoms with E-state index in [9.17, 15) is 4.79 Å². The first-order chi connectivity index (χ1) is 12.2. The van der Waals surface area contributed by atoms with Crippen molar-refractivity contribution in [2.24, 2.45) is 10.7 Å². The van der Waals surface area contributed by atoms with Crippen molar-refractivity contribution in [1.29, 1.82) is 0 Å². The molecule has 0 aliphatic carbocycles. The van der Waals surface area contributed by atoms with E-state index >= 15 is 0 Å². The zero-order chi connectivity index (χ0) is 17.5. The SMILES string of the molecule is I.NC(=NCc1cccc(C(=O)NCC2CCCO2)c1)N1CCCCC1. The summed E-state index contributed by atoms with van der Waals surface area (Å²) in [5, 5.41) is 2.95. The second-order valence-electron chi connectivity index (χ2n) is 6.77. The highest BCUT2D eigenvalue weighted by molar-refractivity contribution is 14.0. The van der Waals surface area contributed by atoms with Gasteiger partial charge < -0.3 is 20.7 Å². The maximum Gasteiger partial charge on any atom is 0.251 e. The van der Waals surface area contributed by atoms with Crippen molar-refractivity contribution in [3.8, 4) is 0 Å². The standard InChI is InChI=1S/C19H28N4O2.HI/c20-19(23-9-2-1-3-10-23)22-13-15-6-4-7-16(12-15)18(24)21-14-17-8-5-11-25-17;/h4,6-7,12,17H,1-3,5,8-11,13-14H2,(H2,20,22)(H,21,24);1H. The number of rotatable bonds is 5. The van der Waals surface area contributed by atoms with E-state index < -0.39 is 0 Å². The predicted molar refractivity (Wildman–Crippen MR) is 114 cm³/mol. The molecule has 1 atom stereocenters. The van der Waals surface area contributed by atoms with Gasteiger partial charge in [-0.15, -0.1) is 24.0 Å². The predicted octanol–water partition coefficient (Wildman–Crippen LogP) is 2.51. The molecule has 26 heavy (non-hydrogen) atoms. The molecule has 2 fully saturated rings. The van der Waals surface area contributed by atoms with Crippen LogP contribution in [0.2, 0.25) is 0 Å². The Balaban J connectivity index is 0.00000243. The molecule has 3 rings (SSSR count). The van der Waals surface area contributed by atoms with Crippen molar-refractivity contribution >= 4 is 35.8 Å². The van der Waals surface area contributed by atoms with Crippen molar-refractivity contribution in [2.75, 3.05) is 26.2 Å². The molecule has 0 aromatic heterocycles. The summed E-state index contributed by atoms with van der Waals surface area (Å²) in [5.41, 5.74) is 7.74. The Morgan fingerprint density at radius 1 is 1.27 bits per heavy atom. The minimum atomic E-state index is -0.0645. The number of piperidine rings is 1. The minimum absolute atomic E-state index is 0. The maximum atomic E-state index is 12.3. The van der Waals surface area contributed by atoms with E-state index in [4.69, 9.17) is 10.5 Å². The van der Waals surface area contributed by atoms with E-state index in [-0.39, 0.29) is 36.0 Å². The Morgan fingerprint density at radius 3 is 2.81 bits per heavy atom. The van der Waals surface area contributed by atoms with Crippen LogP contribution < -0.4 is 11.1 Å². The van der Waals surface area contributed by atoms with Crippen LogP contribution in [-0.4, -0.2) is 49.1 Å². The van der Waals surface area contributed by atoms with Gasteiger partial charge in [0.05, 0.1) is 12.6 Å². The normalized spacial score (nSPS) is 20.5. The second-order valence-corrected chi connectivity index (χ2v) is 6.77. The molecule has 2 aliphatic rings. The molecule has 2 heterocycles. The largest absolute Gasteiger partial charge is 0.376 e. The van der Waals surface area contributed by atoms with Gasteiger partial charge in [-0.25, -0.2) is 4.99 Å². The van der Waals surface area contributed by atoms with E-state index in [1.807, 2.05) is 24.3 Å². The summed E-state index contributed by atoms with van der Waals surface area (Å²) < 4.78 is 5.53. The van der Waals surface area contributed by atoms with Crippen LogP contribution in [0.1, 0.15) is 48.0 Å². The van der Waals surface area contributed by atoms with Crippen LogP contribution in [0.15, 0.2) is 29.3 Å². The van der Waals surface area contributed by atoms with E-state index in [0.717, 1.165) is 38.1 Å². The Kier molecular flexibility index (Phi) is 8.64. The molecule has 1 aromatic carbocycles. The van der Waals surface area contributed by atoms with Crippen molar-refractivity contribution < 1.29 is 9.53 Å². The molecular weight excluding hydrogens is 443 g/mol. The lowest BCUT2D eigenvalue weighted by molar-refractivity contribution is 0.0857. The number of hydrogen-bond acceptors (Lipinski definition) is 3. The second kappa shape index (κ2) is 10.7. The molecule has 0 radical (unpaired) electrons. The van der Waals surface area contributed by atoms with Crippen LogP contribution in [0.5, 0.6) is 0 Å². The first-order valence-corrected chi connectivity index (χ1v) is 9.26. The summed E-state index contributed by atoms with van der Waals surface area (Å²) in [6.07, 6.45) is 5.87. The van der Waals surface area contributed by atoms with Crippen molar-refractivity contribution in [3.63, 3.8) is 0 Å². The first-order valence-electron chi connectivity index (χ1n) is 9.26. The number of hydrogen-bond donors (Lipinski definition) is 2. The third-order valence-corrected chi connectivity index (χ3v) is 4.81. The fourth-order valence-corrected chi connectivity index (χ4v) is 3.32. The molecule has 0 saturated carbocycles. The molecule has 7 heteroatoms. The molecule has 6 nitrogen and oxygen atoms in total. The molecule has 2 aliphatic heterocycles. The molecule has 1 aromatic rings. The highest BCUT2D eigenvalue weighted by Gasteiger charge is 2.17. The molecule has 2 saturated heterocycles. The molecular formula is C19H29IN4O2. The number of carbonyl (C=O) groups excluding carboxylic acids is 1. The lowest BCUT2D eigenvalue weighted by Gasteiger charge is -2.27. The lowest BCUT2D eigenvalue weighted by Crippen LogP contribution is -2.40. The highest BCUT2D eigenvalue weighted by atomic mass is 127. The number of guanidine groups is 1. The fraction of sp³-hybridized carbons (Fsp3) is 0.579. The molecule has 0 spiro atoms. The molecule has 1 amide bonds. The topological polar surface area (TPSA) is 79.9 Å². The number of amides is 1. The highest BCUT2D eigenvalue weighted by Crippen LogP contribution is 2.12. The van der Waals surface area contributed by atoms with Gasteiger partial charge >= 0.3 is 0 Å². The quantitative estimate of drug-likeness (QED) is 0.392. The van der Waals surface area contributed by atoms with Crippen LogP contribution in [-0.2, 0) is 11.3 Å². The van der Waals surface area contributed by atoms with Gasteiger partial charge in [-0.3, -0.25) is 4.79 Å². The lowest BCUT2D eigenvalue weighted by atomic mass is 10.1. The summed E-state index contributed by atoms with van der Waals surface area (Å²) in [5.74, 6) is 0.540. The van der Waals surface area contributed by atoms with Gasteiger partial charge in [-0.1, -0.05) is 12.1 Å². The van der Waals surface area contributed by atoms with Crippen LogP contribution in [0.25, 0.3) is 0 Å². The van der Waals surface area contributed by atoms with Crippen molar-refractivity contribution in [3.05, 3.63) is 35.4 Å². The summed E-state index contributed by atoms with van der Waals surface area (Å²) in [6, 6.07) is 7.58. The molecule has 3 N–H and O–H groups in total. The molecule has 0 bridgehead atoms. The Morgan fingerprint density at radius 2 is 2.08 bits per heavy atom. The average Bonchev–Trinajstić information content (AvgIpc) is 3.19. The number of nitrogens with one attached hydrogen (secondary N) is 1. The van der Waals surface area contributed by atoms with E-state index in [1.165, 1.54) is 19.3 Å². The number of nitrogens with zero attached hydrogens (tertiary/aromatic N) is 2. The van der Waals surface area contributed by atoms with Gasteiger partial charge in [0.25, 0.3) is 5.91 Å². The number of carbonyl (C=O) groups is 1. The van der Waals surface area contributed by atoms with Crippen LogP contribution >= 0.6 is 24.0 Å². The van der Waals surface area contributed by atoms with Crippen LogP contribution in [0.3, 0.4) is 0 Å². The van der Waals surface area contributed by atoms with Gasteiger partial charge in [0.2, 0.25) is 0 Å². The Hall–Kier alpha value is -1.35. The summed E-state index contributed by atoms with van der Waals surface area (Å²) in [7, 11) is 0. The third-order valence-electron chi connectivity index (χ3n) is 4.81. The van der Waals surface area contributed by atoms with Gasteiger partial charge in [0, 0.05) is 31.8 Å². The van der Waals surface area contributed by atoms with Crippen molar-refractivity contribution in [1.82, 2.24) is 10.2 Å². The zero-order valence-corrected chi connectivity index (χ0v) is 17.5. The Bertz CT molecular complexity index is 611. The smallest absolute Gasteiger partial charge is 0.251 e. The fourth-order valence-electron chi connectivity index (χ4n) is 3.32. The third kappa shape index (κ3) is 6.12. The number of likely N-dealkylation sites (tertiary alicyclic amines) is 1. The number of nitrogens with two attached hydrogens (primary N) is 1. The van der Waals surface area contributed by atoms with E-state index in [2.05, 4.69) is 15.2 Å². The van der Waals surface area contributed by atoms with Crippen molar-refractivity contribution in [2.45, 2.75) is 44.8 Å². The zero-order valence-electron chi connectivity index (χ0n) is 15.2. The number of aliphatic imine (C=N–C) groups is 1. The van der Waals surface area contributed by atoms with E-state index in [0.29, 0.717) is 24.6 Å². The monoisotopic (exact) mass is 472 g/mol. The van der Waals surface area contributed by atoms with E-state index in [1.54, 1.807) is 0 Å². The molecule has 1 unspecified atom stereocenters. The number of halogens is 1. The van der Waals surface area contributed by atoms with Gasteiger partial charge in [0.1, 0.15) is 0 Å². The van der Waals surface area contributed by atoms with Gasteiger partial charge in [-0.2, -0.15) is 0 Å². The van der Waals surface area contributed by atoms with Gasteiger partial charge in [0.15, 0.2) is 5.96 Å². The Labute approximate surface area is 172 Å². The average molecular weight is 472 g/mol. The minimum Gasteiger partial charge on any atom is -0.376 e. The van der Waals surface area contributed by atoms with Gasteiger partial charge in [-0.05, 0) is 49.8 Å². The molecule has 144 valence electrons. The van der Waals surface area contributed by atoms with Crippen LogP contribution in [0.4, 0.5) is 0 Å². The van der Waals surface area contributed by atoms with Crippen LogP contribution in [0, 0.1) is 0 Å². The summed E-state index contributed by atoms with van der Waals surface area (Å²) in [6.45, 7) is 3.84. The number of benzene rings is 1. The summed E-state index contributed by atoms with van der Waals surface area (Å²) in [4.78, 5) is 18.9. The maximum absolute atomic E-state index is 12.3.